The Kier molecular flexibility index (Phi) is 3.52. The lowest BCUT2D eigenvalue weighted by Crippen LogP contribution is -2.53. The second-order valence-electron chi connectivity index (χ2n) is 7.73. The Labute approximate surface area is 136 Å². The van der Waals surface area contributed by atoms with Gasteiger partial charge in [0.1, 0.15) is 4.60 Å². The Morgan fingerprint density at radius 3 is 2.38 bits per heavy atom. The molecule has 4 fully saturated rings. The summed E-state index contributed by atoms with van der Waals surface area (Å²) in [6.45, 7) is 2.35. The second kappa shape index (κ2) is 5.26. The predicted molar refractivity (Wildman–Crippen MR) is 90.2 cm³/mol. The number of hydrogen-bond acceptors (Lipinski definition) is 2. The zero-order chi connectivity index (χ0) is 14.4. The van der Waals surface area contributed by atoms with Gasteiger partial charge in [0.05, 0.1) is 5.69 Å². The van der Waals surface area contributed by atoms with Gasteiger partial charge in [-0.15, -0.1) is 0 Å². The van der Waals surface area contributed by atoms with Crippen LogP contribution in [0.3, 0.4) is 0 Å². The molecule has 1 heterocycles. The van der Waals surface area contributed by atoms with Gasteiger partial charge in [0.15, 0.2) is 0 Å². The molecular formula is C18H25BrN2. The van der Waals surface area contributed by atoms with E-state index in [0.29, 0.717) is 11.5 Å². The van der Waals surface area contributed by atoms with Crippen molar-refractivity contribution in [1.82, 2.24) is 4.98 Å². The Balaban J connectivity index is 1.60. The molecule has 4 aliphatic rings. The number of hydrogen-bond donors (Lipinski definition) is 1. The first-order valence-electron chi connectivity index (χ1n) is 8.55. The van der Waals surface area contributed by atoms with E-state index in [-0.39, 0.29) is 0 Å². The topological polar surface area (TPSA) is 24.9 Å². The van der Waals surface area contributed by atoms with Crippen LogP contribution in [0.1, 0.15) is 51.9 Å². The summed E-state index contributed by atoms with van der Waals surface area (Å²) in [5, 5.41) is 3.84. The molecule has 114 valence electrons. The smallest absolute Gasteiger partial charge is 0.129 e. The van der Waals surface area contributed by atoms with Gasteiger partial charge >= 0.3 is 0 Å². The van der Waals surface area contributed by atoms with E-state index in [0.717, 1.165) is 22.4 Å². The van der Waals surface area contributed by atoms with Gasteiger partial charge in [0.2, 0.25) is 0 Å². The Morgan fingerprint density at radius 1 is 1.24 bits per heavy atom. The number of nitrogens with zero attached hydrogens (tertiary/aromatic N) is 1. The first kappa shape index (κ1) is 14.0. The van der Waals surface area contributed by atoms with Gasteiger partial charge in [0.25, 0.3) is 0 Å². The van der Waals surface area contributed by atoms with E-state index in [4.69, 9.17) is 0 Å². The second-order valence-corrected chi connectivity index (χ2v) is 8.48. The van der Waals surface area contributed by atoms with Crippen LogP contribution in [0.25, 0.3) is 0 Å². The summed E-state index contributed by atoms with van der Waals surface area (Å²) in [5.74, 6) is 3.05. The van der Waals surface area contributed by atoms with Crippen molar-refractivity contribution in [2.75, 3.05) is 5.32 Å². The molecular weight excluding hydrogens is 324 g/mol. The highest BCUT2D eigenvalue weighted by atomic mass is 79.9. The molecule has 0 saturated heterocycles. The van der Waals surface area contributed by atoms with Gasteiger partial charge in [-0.2, -0.15) is 0 Å². The summed E-state index contributed by atoms with van der Waals surface area (Å²) in [7, 11) is 0. The highest BCUT2D eigenvalue weighted by molar-refractivity contribution is 9.10. The molecule has 2 nitrogen and oxygen atoms in total. The van der Waals surface area contributed by atoms with Crippen molar-refractivity contribution in [2.45, 2.75) is 57.9 Å². The van der Waals surface area contributed by atoms with Gasteiger partial charge in [-0.05, 0) is 96.2 Å². The molecule has 1 aromatic rings. The Bertz CT molecular complexity index is 492. The van der Waals surface area contributed by atoms with Crippen molar-refractivity contribution in [3.63, 3.8) is 0 Å². The Morgan fingerprint density at radius 2 is 1.86 bits per heavy atom. The third-order valence-corrected chi connectivity index (χ3v) is 6.95. The quantitative estimate of drug-likeness (QED) is 0.751. The number of pyridine rings is 1. The number of aromatic nitrogens is 1. The fourth-order valence-corrected chi connectivity index (χ4v) is 6.34. The maximum absolute atomic E-state index is 4.37. The molecule has 0 aromatic carbocycles. The van der Waals surface area contributed by atoms with E-state index in [1.165, 1.54) is 50.6 Å². The number of rotatable bonds is 4. The minimum Gasteiger partial charge on any atom is -0.380 e. The molecule has 4 bridgehead atoms. The van der Waals surface area contributed by atoms with E-state index in [2.05, 4.69) is 39.2 Å². The van der Waals surface area contributed by atoms with Crippen LogP contribution in [-0.2, 0) is 0 Å². The molecule has 1 unspecified atom stereocenters. The maximum Gasteiger partial charge on any atom is 0.129 e. The number of anilines is 1. The highest BCUT2D eigenvalue weighted by Crippen LogP contribution is 2.62. The van der Waals surface area contributed by atoms with Crippen molar-refractivity contribution >= 4 is 21.6 Å². The molecule has 3 heteroatoms. The third-order valence-electron chi connectivity index (χ3n) is 6.32. The lowest BCUT2D eigenvalue weighted by atomic mass is 9.47. The van der Waals surface area contributed by atoms with Crippen LogP contribution in [0.5, 0.6) is 0 Å². The Hall–Kier alpha value is -0.570. The molecule has 0 spiro atoms. The first-order valence-corrected chi connectivity index (χ1v) is 9.35. The zero-order valence-electron chi connectivity index (χ0n) is 12.8. The van der Waals surface area contributed by atoms with Gasteiger partial charge in [-0.25, -0.2) is 4.98 Å². The fourth-order valence-electron chi connectivity index (χ4n) is 5.97. The molecule has 1 atom stereocenters. The molecule has 1 aromatic heterocycles. The molecule has 0 amide bonds. The number of nitrogens with one attached hydrogen (secondary N) is 1. The summed E-state index contributed by atoms with van der Waals surface area (Å²) in [6.07, 6.45) is 12.0. The predicted octanol–water partition coefficient (Wildman–Crippen LogP) is 5.25. The molecule has 0 radical (unpaired) electrons. The lowest BCUT2D eigenvalue weighted by Gasteiger charge is -2.59. The third kappa shape index (κ3) is 2.42. The first-order chi connectivity index (χ1) is 10.2. The minimum absolute atomic E-state index is 0.554. The summed E-state index contributed by atoms with van der Waals surface area (Å²) in [6, 6.07) is 4.78. The largest absolute Gasteiger partial charge is 0.380 e. The van der Waals surface area contributed by atoms with E-state index in [9.17, 15) is 0 Å². The molecule has 5 rings (SSSR count). The van der Waals surface area contributed by atoms with Crippen LogP contribution >= 0.6 is 15.9 Å². The molecule has 4 aliphatic carbocycles. The van der Waals surface area contributed by atoms with Crippen LogP contribution in [0, 0.1) is 23.2 Å². The van der Waals surface area contributed by atoms with E-state index in [1.807, 2.05) is 12.3 Å². The van der Waals surface area contributed by atoms with Crippen molar-refractivity contribution in [3.8, 4) is 0 Å². The molecule has 4 saturated carbocycles. The van der Waals surface area contributed by atoms with Crippen LogP contribution < -0.4 is 5.32 Å². The van der Waals surface area contributed by atoms with Crippen LogP contribution in [0.2, 0.25) is 0 Å². The van der Waals surface area contributed by atoms with Crippen molar-refractivity contribution in [2.24, 2.45) is 23.2 Å². The van der Waals surface area contributed by atoms with Crippen LogP contribution in [0.15, 0.2) is 22.9 Å². The van der Waals surface area contributed by atoms with Crippen molar-refractivity contribution < 1.29 is 0 Å². The summed E-state index contributed by atoms with van der Waals surface area (Å²) in [4.78, 5) is 4.37. The van der Waals surface area contributed by atoms with Crippen LogP contribution in [-0.4, -0.2) is 11.0 Å². The number of halogens is 1. The average Bonchev–Trinajstić information content (AvgIpc) is 2.44. The molecule has 21 heavy (non-hydrogen) atoms. The highest BCUT2D eigenvalue weighted by Gasteiger charge is 2.53. The summed E-state index contributed by atoms with van der Waals surface area (Å²) >= 11 is 3.59. The maximum atomic E-state index is 4.37. The average molecular weight is 349 g/mol. The SMILES string of the molecule is CCC(Nc1cccnc1Br)C12CC3CC(CC(C3)C1)C2. The van der Waals surface area contributed by atoms with Gasteiger partial charge in [-0.1, -0.05) is 6.92 Å². The summed E-state index contributed by atoms with van der Waals surface area (Å²) < 4.78 is 0.952. The van der Waals surface area contributed by atoms with Crippen LogP contribution in [0.4, 0.5) is 5.69 Å². The minimum atomic E-state index is 0.554. The molecule has 0 aliphatic heterocycles. The van der Waals surface area contributed by atoms with E-state index in [1.54, 1.807) is 0 Å². The van der Waals surface area contributed by atoms with Gasteiger partial charge in [-0.3, -0.25) is 0 Å². The fraction of sp³-hybridized carbons (Fsp3) is 0.722. The zero-order valence-corrected chi connectivity index (χ0v) is 14.4. The van der Waals surface area contributed by atoms with Gasteiger partial charge < -0.3 is 5.32 Å². The monoisotopic (exact) mass is 348 g/mol. The standard InChI is InChI=1S/C18H25BrN2/c1-2-16(21-15-4-3-5-20-17(15)19)18-9-12-6-13(10-18)8-14(7-12)11-18/h3-5,12-14,16,21H,2,6-11H2,1H3. The van der Waals surface area contributed by atoms with Crippen molar-refractivity contribution in [3.05, 3.63) is 22.9 Å². The summed E-state index contributed by atoms with van der Waals surface area (Å²) in [5.41, 5.74) is 1.72. The van der Waals surface area contributed by atoms with Gasteiger partial charge in [0, 0.05) is 12.2 Å². The van der Waals surface area contributed by atoms with E-state index >= 15 is 0 Å². The van der Waals surface area contributed by atoms with Crippen molar-refractivity contribution in [1.29, 1.82) is 0 Å². The lowest BCUT2D eigenvalue weighted by molar-refractivity contribution is -0.0636. The normalized spacial score (nSPS) is 38.5. The molecule has 1 N–H and O–H groups in total. The van der Waals surface area contributed by atoms with E-state index < -0.39 is 0 Å².